The number of cyclic esters (lactones) is 1. The fourth-order valence-electron chi connectivity index (χ4n) is 3.35. The van der Waals surface area contributed by atoms with Crippen LogP contribution in [0.1, 0.15) is 36.8 Å². The van der Waals surface area contributed by atoms with Crippen LogP contribution in [-0.4, -0.2) is 17.4 Å². The van der Waals surface area contributed by atoms with E-state index in [2.05, 4.69) is 0 Å². The van der Waals surface area contributed by atoms with Crippen LogP contribution < -0.4 is 0 Å². The van der Waals surface area contributed by atoms with Gasteiger partial charge in [-0.15, -0.1) is 0 Å². The van der Waals surface area contributed by atoms with Crippen molar-refractivity contribution in [2.24, 2.45) is 0 Å². The van der Waals surface area contributed by atoms with E-state index in [1.807, 2.05) is 0 Å². The summed E-state index contributed by atoms with van der Waals surface area (Å²) in [6, 6.07) is 12.3. The number of halogens is 2. The van der Waals surface area contributed by atoms with Crippen molar-refractivity contribution in [1.82, 2.24) is 0 Å². The van der Waals surface area contributed by atoms with Crippen molar-refractivity contribution >= 4 is 11.8 Å². The molecule has 0 N–H and O–H groups in total. The van der Waals surface area contributed by atoms with Gasteiger partial charge < -0.3 is 4.74 Å². The minimum absolute atomic E-state index is 0.125. The van der Waals surface area contributed by atoms with Crippen LogP contribution in [0.25, 0.3) is 0 Å². The largest absolute Gasteiger partial charge is 0.458 e. The Kier molecular flexibility index (Phi) is 5.45. The van der Waals surface area contributed by atoms with Crippen LogP contribution in [-0.2, 0) is 27.2 Å². The molecule has 5 heteroatoms. The van der Waals surface area contributed by atoms with Gasteiger partial charge in [-0.2, -0.15) is 0 Å². The van der Waals surface area contributed by atoms with E-state index in [9.17, 15) is 18.4 Å². The second kappa shape index (κ2) is 7.77. The average molecular weight is 358 g/mol. The molecule has 136 valence electrons. The minimum atomic E-state index is -0.866. The number of carbonyl (C=O) groups is 2. The molecule has 1 fully saturated rings. The summed E-state index contributed by atoms with van der Waals surface area (Å²) >= 11 is 0. The molecule has 0 saturated carbocycles. The van der Waals surface area contributed by atoms with Gasteiger partial charge in [0.05, 0.1) is 0 Å². The van der Waals surface area contributed by atoms with E-state index in [0.29, 0.717) is 25.7 Å². The summed E-state index contributed by atoms with van der Waals surface area (Å²) in [6.45, 7) is 0. The van der Waals surface area contributed by atoms with Crippen molar-refractivity contribution in [3.8, 4) is 0 Å². The summed E-state index contributed by atoms with van der Waals surface area (Å²) in [4.78, 5) is 23.9. The molecule has 0 radical (unpaired) electrons. The zero-order chi connectivity index (χ0) is 18.6. The summed E-state index contributed by atoms with van der Waals surface area (Å²) < 4.78 is 31.7. The predicted octanol–water partition coefficient (Wildman–Crippen LogP) is 4.18. The molecule has 2 aromatic rings. The number of ether oxygens (including phenoxy) is 1. The maximum Gasteiger partial charge on any atom is 0.313 e. The van der Waals surface area contributed by atoms with E-state index >= 15 is 0 Å². The summed E-state index contributed by atoms with van der Waals surface area (Å²) in [5.74, 6) is -1.24. The fourth-order valence-corrected chi connectivity index (χ4v) is 3.35. The molecule has 0 amide bonds. The minimum Gasteiger partial charge on any atom is -0.458 e. The third kappa shape index (κ3) is 4.75. The van der Waals surface area contributed by atoms with Crippen molar-refractivity contribution < 1.29 is 23.1 Å². The lowest BCUT2D eigenvalue weighted by molar-refractivity contribution is -0.172. The first kappa shape index (κ1) is 18.2. The number of aryl methyl sites for hydroxylation is 2. The van der Waals surface area contributed by atoms with Crippen molar-refractivity contribution in [2.45, 2.75) is 44.1 Å². The quantitative estimate of drug-likeness (QED) is 0.575. The summed E-state index contributed by atoms with van der Waals surface area (Å²) in [7, 11) is 0. The van der Waals surface area contributed by atoms with Gasteiger partial charge in [0, 0.05) is 6.42 Å². The van der Waals surface area contributed by atoms with E-state index in [4.69, 9.17) is 4.74 Å². The van der Waals surface area contributed by atoms with Crippen molar-refractivity contribution in [3.63, 3.8) is 0 Å². The zero-order valence-electron chi connectivity index (χ0n) is 14.3. The molecule has 1 heterocycles. The molecule has 0 bridgehead atoms. The zero-order valence-corrected chi connectivity index (χ0v) is 14.3. The van der Waals surface area contributed by atoms with Gasteiger partial charge in [-0.05, 0) is 61.1 Å². The maximum absolute atomic E-state index is 13.1. The SMILES string of the molecule is O=C1CC(=O)OC(CCc2ccc(F)cc2)(CCc2ccc(F)cc2)C1. The van der Waals surface area contributed by atoms with Crippen molar-refractivity contribution in [1.29, 1.82) is 0 Å². The first-order valence-electron chi connectivity index (χ1n) is 8.67. The Balaban J connectivity index is 1.72. The van der Waals surface area contributed by atoms with E-state index in [1.54, 1.807) is 24.3 Å². The van der Waals surface area contributed by atoms with Crippen molar-refractivity contribution in [2.75, 3.05) is 0 Å². The summed E-state index contributed by atoms with van der Waals surface area (Å²) in [6.07, 6.45) is 2.11. The normalized spacial score (nSPS) is 16.4. The lowest BCUT2D eigenvalue weighted by atomic mass is 9.82. The van der Waals surface area contributed by atoms with Gasteiger partial charge in [0.1, 0.15) is 29.4 Å². The molecule has 0 spiro atoms. The van der Waals surface area contributed by atoms with Gasteiger partial charge in [0.15, 0.2) is 0 Å². The van der Waals surface area contributed by atoms with E-state index in [1.165, 1.54) is 24.3 Å². The first-order chi connectivity index (χ1) is 12.4. The van der Waals surface area contributed by atoms with Crippen LogP contribution in [0.5, 0.6) is 0 Å². The Morgan fingerprint density at radius 3 is 1.69 bits per heavy atom. The molecule has 0 aromatic heterocycles. The van der Waals surface area contributed by atoms with Crippen LogP contribution in [0.15, 0.2) is 48.5 Å². The standard InChI is InChI=1S/C21H20F2O3/c22-17-5-1-15(2-6-17)9-11-21(14-19(24)13-20(25)26-21)12-10-16-3-7-18(23)8-4-16/h1-8H,9-14H2. The van der Waals surface area contributed by atoms with Crippen LogP contribution in [0.2, 0.25) is 0 Å². The van der Waals surface area contributed by atoms with E-state index in [-0.39, 0.29) is 30.3 Å². The lowest BCUT2D eigenvalue weighted by Crippen LogP contribution is -2.43. The van der Waals surface area contributed by atoms with Gasteiger partial charge in [0.25, 0.3) is 0 Å². The van der Waals surface area contributed by atoms with Crippen LogP contribution in [0, 0.1) is 11.6 Å². The third-order valence-electron chi connectivity index (χ3n) is 4.76. The highest BCUT2D eigenvalue weighted by Gasteiger charge is 2.40. The highest BCUT2D eigenvalue weighted by atomic mass is 19.1. The number of esters is 1. The molecule has 1 aliphatic heterocycles. The molecular weight excluding hydrogens is 338 g/mol. The fraction of sp³-hybridized carbons (Fsp3) is 0.333. The van der Waals surface area contributed by atoms with Crippen LogP contribution >= 0.6 is 0 Å². The van der Waals surface area contributed by atoms with Gasteiger partial charge in [0.2, 0.25) is 0 Å². The Morgan fingerprint density at radius 1 is 0.808 bits per heavy atom. The number of carbonyl (C=O) groups excluding carboxylic acids is 2. The number of ketones is 1. The monoisotopic (exact) mass is 358 g/mol. The number of hydrogen-bond acceptors (Lipinski definition) is 3. The Bertz CT molecular complexity index is 714. The Hall–Kier alpha value is -2.56. The maximum atomic E-state index is 13.1. The number of hydrogen-bond donors (Lipinski definition) is 0. The van der Waals surface area contributed by atoms with Gasteiger partial charge in [-0.25, -0.2) is 8.78 Å². The molecule has 1 saturated heterocycles. The molecular formula is C21H20F2O3. The number of Topliss-reactive ketones (excluding diaryl/α,β-unsaturated/α-hetero) is 1. The molecule has 26 heavy (non-hydrogen) atoms. The Morgan fingerprint density at radius 2 is 1.27 bits per heavy atom. The number of rotatable bonds is 6. The van der Waals surface area contributed by atoms with Crippen LogP contribution in [0.4, 0.5) is 8.78 Å². The average Bonchev–Trinajstić information content (AvgIpc) is 2.60. The molecule has 3 rings (SSSR count). The highest BCUT2D eigenvalue weighted by molar-refractivity contribution is 5.98. The molecule has 2 aromatic carbocycles. The van der Waals surface area contributed by atoms with Crippen LogP contribution in [0.3, 0.4) is 0 Å². The van der Waals surface area contributed by atoms with E-state index < -0.39 is 11.6 Å². The smallest absolute Gasteiger partial charge is 0.313 e. The number of benzene rings is 2. The summed E-state index contributed by atoms with van der Waals surface area (Å²) in [5, 5.41) is 0. The molecule has 1 aliphatic rings. The van der Waals surface area contributed by atoms with Gasteiger partial charge >= 0.3 is 5.97 Å². The van der Waals surface area contributed by atoms with Gasteiger partial charge in [-0.1, -0.05) is 24.3 Å². The topological polar surface area (TPSA) is 43.4 Å². The highest BCUT2D eigenvalue weighted by Crippen LogP contribution is 2.33. The first-order valence-corrected chi connectivity index (χ1v) is 8.67. The predicted molar refractivity (Wildman–Crippen MR) is 92.5 cm³/mol. The third-order valence-corrected chi connectivity index (χ3v) is 4.76. The van der Waals surface area contributed by atoms with Gasteiger partial charge in [-0.3, -0.25) is 9.59 Å². The molecule has 0 aliphatic carbocycles. The molecule has 3 nitrogen and oxygen atoms in total. The second-order valence-corrected chi connectivity index (χ2v) is 6.80. The Labute approximate surface area is 151 Å². The van der Waals surface area contributed by atoms with E-state index in [0.717, 1.165) is 11.1 Å². The molecule has 0 atom stereocenters. The van der Waals surface area contributed by atoms with Crippen molar-refractivity contribution in [3.05, 3.63) is 71.3 Å². The summed E-state index contributed by atoms with van der Waals surface area (Å²) in [5.41, 5.74) is 0.970. The molecule has 0 unspecified atom stereocenters. The lowest BCUT2D eigenvalue weighted by Gasteiger charge is -2.36. The second-order valence-electron chi connectivity index (χ2n) is 6.80.